The summed E-state index contributed by atoms with van der Waals surface area (Å²) in [5.41, 5.74) is 0. The summed E-state index contributed by atoms with van der Waals surface area (Å²) < 4.78 is 10.7. The van der Waals surface area contributed by atoms with Crippen molar-refractivity contribution in [2.24, 2.45) is 0 Å². The van der Waals surface area contributed by atoms with Crippen molar-refractivity contribution < 1.29 is 4.20 Å². The number of hydrogen-bond acceptors (Lipinski definition) is 0. The van der Waals surface area contributed by atoms with E-state index >= 15 is 0 Å². The molecule has 4 heteroatoms. The Bertz CT molecular complexity index is 5.25. The highest BCUT2D eigenvalue weighted by molar-refractivity contribution is 8.37. The summed E-state index contributed by atoms with van der Waals surface area (Å²) in [5, 5.41) is 0. The second kappa shape index (κ2) is 4.22. The fraction of sp³-hybridized carbons (Fsp3) is 0. The van der Waals surface area contributed by atoms with Gasteiger partial charge in [0.2, 0.25) is 0 Å². The lowest BCUT2D eigenvalue weighted by molar-refractivity contribution is 0.936. The molecule has 0 nitrogen and oxygen atoms in total. The summed E-state index contributed by atoms with van der Waals surface area (Å²) >= 11 is 0. The van der Waals surface area contributed by atoms with Crippen LogP contribution in [0.25, 0.3) is 0 Å². The maximum Gasteiger partial charge on any atom is 0.0918 e. The molecule has 0 aliphatic heterocycles. The molecular weight excluding hydrogens is 112 g/mol. The zero-order valence-electron chi connectivity index (χ0n) is 1.96. The van der Waals surface area contributed by atoms with Gasteiger partial charge in [0.1, 0.15) is 0 Å². The van der Waals surface area contributed by atoms with Gasteiger partial charge in [-0.25, -0.2) is 4.20 Å². The minimum atomic E-state index is -0.369. The van der Waals surface area contributed by atoms with Crippen LogP contribution in [0.4, 0.5) is 4.20 Å². The highest BCUT2D eigenvalue weighted by atomic mass is 32.4. The van der Waals surface area contributed by atoms with Gasteiger partial charge in [0.25, 0.3) is 0 Å². The SMILES string of the molecule is FPPP. The third-order valence-electron chi connectivity index (χ3n) is 0.0546. The van der Waals surface area contributed by atoms with E-state index in [-0.39, 0.29) is 8.58 Å². The summed E-state index contributed by atoms with van der Waals surface area (Å²) in [4.78, 5) is 0. The first-order valence-corrected chi connectivity index (χ1v) is 5.42. The first-order valence-electron chi connectivity index (χ1n) is 0.728. The fourth-order valence-electron chi connectivity index (χ4n) is 0. The molecule has 0 saturated heterocycles. The molecule has 0 heterocycles. The average Bonchev–Trinajstić information content (AvgIpc) is 1.37. The van der Waals surface area contributed by atoms with Gasteiger partial charge in [-0.05, 0) is 7.96 Å². The minimum Gasteiger partial charge on any atom is -0.226 e. The Morgan fingerprint density at radius 3 is 2.00 bits per heavy atom. The molecule has 0 aromatic carbocycles. The van der Waals surface area contributed by atoms with Crippen molar-refractivity contribution in [3.8, 4) is 0 Å². The molecule has 0 saturated carbocycles. The van der Waals surface area contributed by atoms with Crippen molar-refractivity contribution in [2.45, 2.75) is 0 Å². The molecule has 0 aliphatic rings. The molecule has 4 heavy (non-hydrogen) atoms. The summed E-state index contributed by atoms with van der Waals surface area (Å²) in [6.45, 7) is 0. The van der Waals surface area contributed by atoms with Crippen LogP contribution >= 0.6 is 25.5 Å². The van der Waals surface area contributed by atoms with Gasteiger partial charge < -0.3 is 0 Å². The number of hydrogen-bond donors (Lipinski definition) is 0. The Morgan fingerprint density at radius 2 is 2.00 bits per heavy atom. The van der Waals surface area contributed by atoms with Crippen molar-refractivity contribution in [2.75, 3.05) is 0 Å². The molecule has 26 valence electrons. The Kier molecular flexibility index (Phi) is 5.51. The van der Waals surface area contributed by atoms with Gasteiger partial charge in [-0.2, -0.15) is 0 Å². The average molecular weight is 116 g/mol. The van der Waals surface area contributed by atoms with Crippen LogP contribution in [0.2, 0.25) is 0 Å². The molecular formula is H4FP3. The van der Waals surface area contributed by atoms with Crippen molar-refractivity contribution in [3.05, 3.63) is 0 Å². The Balaban J connectivity index is 1.97. The molecule has 3 unspecified atom stereocenters. The van der Waals surface area contributed by atoms with E-state index in [1.54, 1.807) is 0 Å². The standard InChI is InChI=1S/FH4P3/c1-3-4-2/h3-4H,2H2. The van der Waals surface area contributed by atoms with Crippen molar-refractivity contribution in [1.82, 2.24) is 0 Å². The molecule has 0 amide bonds. The Labute approximate surface area is 30.6 Å². The van der Waals surface area contributed by atoms with Gasteiger partial charge in [-0.1, -0.05) is 0 Å². The van der Waals surface area contributed by atoms with Gasteiger partial charge >= 0.3 is 0 Å². The van der Waals surface area contributed by atoms with E-state index in [0.717, 1.165) is 0 Å². The van der Waals surface area contributed by atoms with Crippen molar-refractivity contribution in [3.63, 3.8) is 0 Å². The molecule has 0 bridgehead atoms. The summed E-state index contributed by atoms with van der Waals surface area (Å²) in [7, 11) is 2.37. The maximum atomic E-state index is 10.7. The molecule has 0 spiro atoms. The van der Waals surface area contributed by atoms with Crippen LogP contribution in [0.1, 0.15) is 0 Å². The van der Waals surface area contributed by atoms with Crippen LogP contribution in [0.15, 0.2) is 0 Å². The zero-order chi connectivity index (χ0) is 3.41. The van der Waals surface area contributed by atoms with Crippen LogP contribution in [0.3, 0.4) is 0 Å². The summed E-state index contributed by atoms with van der Waals surface area (Å²) in [5.74, 6) is 0. The fourth-order valence-corrected chi connectivity index (χ4v) is 0. The van der Waals surface area contributed by atoms with E-state index in [1.165, 1.54) is 0 Å². The summed E-state index contributed by atoms with van der Waals surface area (Å²) in [6.07, 6.45) is 0. The van der Waals surface area contributed by atoms with Crippen LogP contribution in [-0.2, 0) is 0 Å². The molecule has 0 radical (unpaired) electrons. The molecule has 0 aromatic heterocycles. The predicted octanol–water partition coefficient (Wildman–Crippen LogP) is 1.93. The lowest BCUT2D eigenvalue weighted by Gasteiger charge is -1.65. The normalized spacial score (nSPS) is 13.5. The zero-order valence-corrected chi connectivity index (χ0v) is 5.11. The lowest BCUT2D eigenvalue weighted by atomic mass is 18.9. The lowest BCUT2D eigenvalue weighted by Crippen LogP contribution is -0.836. The first-order chi connectivity index (χ1) is 1.91. The molecule has 0 rings (SSSR count). The topological polar surface area (TPSA) is 0 Å². The van der Waals surface area contributed by atoms with E-state index < -0.39 is 0 Å². The quantitative estimate of drug-likeness (QED) is 0.459. The molecule has 0 aromatic rings. The Hall–Kier alpha value is 1.22. The van der Waals surface area contributed by atoms with Gasteiger partial charge in [0, 0.05) is 0 Å². The third-order valence-corrected chi connectivity index (χ3v) is 1.47. The van der Waals surface area contributed by atoms with Gasteiger partial charge in [-0.3, -0.25) is 0 Å². The minimum absolute atomic E-state index is 0.369. The maximum absolute atomic E-state index is 10.7. The van der Waals surface area contributed by atoms with Crippen LogP contribution in [-0.4, -0.2) is 0 Å². The number of rotatable bonds is 1. The van der Waals surface area contributed by atoms with Crippen LogP contribution in [0, 0.1) is 0 Å². The second-order valence-electron chi connectivity index (χ2n) is 0.239. The molecule has 0 aliphatic carbocycles. The van der Waals surface area contributed by atoms with E-state index in [0.29, 0.717) is 7.96 Å². The highest BCUT2D eigenvalue weighted by Gasteiger charge is 1.59. The number of halogens is 1. The van der Waals surface area contributed by atoms with Crippen molar-refractivity contribution >= 4 is 25.5 Å². The monoisotopic (exact) mass is 116 g/mol. The summed E-state index contributed by atoms with van der Waals surface area (Å²) in [6, 6.07) is 0. The van der Waals surface area contributed by atoms with E-state index in [4.69, 9.17) is 0 Å². The van der Waals surface area contributed by atoms with Crippen molar-refractivity contribution in [1.29, 1.82) is 0 Å². The molecule has 0 N–H and O–H groups in total. The largest absolute Gasteiger partial charge is 0.226 e. The first kappa shape index (κ1) is 5.22. The van der Waals surface area contributed by atoms with Crippen LogP contribution in [0.5, 0.6) is 0 Å². The van der Waals surface area contributed by atoms with Crippen LogP contribution < -0.4 is 0 Å². The predicted molar refractivity (Wildman–Crippen MR) is 27.4 cm³/mol. The smallest absolute Gasteiger partial charge is 0.0918 e. The van der Waals surface area contributed by atoms with E-state index in [9.17, 15) is 4.20 Å². The van der Waals surface area contributed by atoms with Gasteiger partial charge in [0.15, 0.2) is 0 Å². The van der Waals surface area contributed by atoms with Gasteiger partial charge in [0.05, 0.1) is 8.58 Å². The highest BCUT2D eigenvalue weighted by Crippen LogP contribution is 2.43. The van der Waals surface area contributed by atoms with E-state index in [2.05, 4.69) is 8.93 Å². The Morgan fingerprint density at radius 1 is 1.75 bits per heavy atom. The second-order valence-corrected chi connectivity index (χ2v) is 4.75. The third kappa shape index (κ3) is 3.22. The molecule has 3 atom stereocenters. The van der Waals surface area contributed by atoms with E-state index in [1.807, 2.05) is 0 Å². The van der Waals surface area contributed by atoms with Gasteiger partial charge in [-0.15, -0.1) is 8.93 Å². The molecule has 0 fully saturated rings.